The Morgan fingerprint density at radius 1 is 1.04 bits per heavy atom. The highest BCUT2D eigenvalue weighted by molar-refractivity contribution is 7.86. The second-order valence-electron chi connectivity index (χ2n) is 5.23. The Morgan fingerprint density at radius 2 is 1.65 bits per heavy atom. The Kier molecular flexibility index (Phi) is 6.35. The molecule has 0 fully saturated rings. The lowest BCUT2D eigenvalue weighted by Gasteiger charge is -2.08. The Morgan fingerprint density at radius 3 is 2.19 bits per heavy atom. The van der Waals surface area contributed by atoms with Gasteiger partial charge in [0.25, 0.3) is 0 Å². The summed E-state index contributed by atoms with van der Waals surface area (Å²) in [4.78, 5) is 12.1. The maximum Gasteiger partial charge on any atom is 0.361 e. The molecule has 0 saturated carbocycles. The van der Waals surface area contributed by atoms with Gasteiger partial charge in [-0.3, -0.25) is 4.28 Å². The molecular weight excluding hydrogens is 358 g/mol. The molecule has 2 rings (SSSR count). The number of benzene rings is 2. The number of ether oxygens (including phenoxy) is 2. The number of carbonyl (C=O) groups is 1. The van der Waals surface area contributed by atoms with Crippen molar-refractivity contribution in [3.8, 4) is 5.75 Å². The van der Waals surface area contributed by atoms with Crippen LogP contribution >= 0.6 is 0 Å². The largest absolute Gasteiger partial charge is 0.497 e. The summed E-state index contributed by atoms with van der Waals surface area (Å²) in [7, 11) is -2.65. The Hall–Kier alpha value is -2.87. The van der Waals surface area contributed by atoms with Crippen LogP contribution in [0.3, 0.4) is 0 Å². The zero-order valence-corrected chi connectivity index (χ0v) is 15.4. The number of aryl methyl sites for hydroxylation is 1. The zero-order valence-electron chi connectivity index (χ0n) is 14.6. The number of esters is 1. The predicted octanol–water partition coefficient (Wildman–Crippen LogP) is 2.68. The molecule has 8 heteroatoms. The van der Waals surface area contributed by atoms with E-state index < -0.39 is 16.1 Å². The van der Waals surface area contributed by atoms with Gasteiger partial charge in [-0.25, -0.2) is 4.79 Å². The highest BCUT2D eigenvalue weighted by Crippen LogP contribution is 2.16. The third-order valence-corrected chi connectivity index (χ3v) is 4.49. The number of methoxy groups -OCH3 is 1. The normalized spacial score (nSPS) is 11.7. The summed E-state index contributed by atoms with van der Waals surface area (Å²) in [5.74, 6) is -0.220. The van der Waals surface area contributed by atoms with E-state index in [1.807, 2.05) is 6.92 Å². The number of nitrogens with zero attached hydrogens (tertiary/aromatic N) is 1. The highest BCUT2D eigenvalue weighted by Gasteiger charge is 2.21. The molecule has 0 atom stereocenters. The van der Waals surface area contributed by atoms with Gasteiger partial charge in [0, 0.05) is 5.56 Å². The molecule has 2 aromatic carbocycles. The van der Waals surface area contributed by atoms with Crippen molar-refractivity contribution in [2.45, 2.75) is 18.7 Å². The van der Waals surface area contributed by atoms with Crippen molar-refractivity contribution in [2.24, 2.45) is 5.16 Å². The van der Waals surface area contributed by atoms with E-state index in [2.05, 4.69) is 5.16 Å². The van der Waals surface area contributed by atoms with E-state index in [0.29, 0.717) is 11.3 Å². The van der Waals surface area contributed by atoms with Crippen molar-refractivity contribution in [2.75, 3.05) is 13.7 Å². The number of hydrogen-bond acceptors (Lipinski definition) is 7. The van der Waals surface area contributed by atoms with Crippen LogP contribution in [-0.4, -0.2) is 33.8 Å². The molecule has 0 N–H and O–H groups in total. The molecule has 0 aliphatic rings. The summed E-state index contributed by atoms with van der Waals surface area (Å²) in [6, 6.07) is 12.4. The first-order valence-electron chi connectivity index (χ1n) is 7.77. The molecule has 0 amide bonds. The molecule has 2 aromatic rings. The standard InChI is InChI=1S/C18H19NO6S/c1-4-24-18(20)17(14-7-9-15(23-3)10-8-14)19-25-26(21,22)16-11-5-13(2)6-12-16/h5-12H,4H2,1-3H3/b19-17+. The summed E-state index contributed by atoms with van der Waals surface area (Å²) >= 11 is 0. The summed E-state index contributed by atoms with van der Waals surface area (Å²) in [6.07, 6.45) is 0. The van der Waals surface area contributed by atoms with Crippen molar-refractivity contribution in [1.82, 2.24) is 0 Å². The quantitative estimate of drug-likeness (QED) is 0.419. The first-order valence-corrected chi connectivity index (χ1v) is 9.18. The lowest BCUT2D eigenvalue weighted by atomic mass is 10.1. The van der Waals surface area contributed by atoms with Crippen LogP contribution in [0.25, 0.3) is 0 Å². The van der Waals surface area contributed by atoms with Gasteiger partial charge in [-0.05, 0) is 50.2 Å². The lowest BCUT2D eigenvalue weighted by molar-refractivity contribution is -0.135. The third kappa shape index (κ3) is 4.82. The van der Waals surface area contributed by atoms with Gasteiger partial charge < -0.3 is 9.47 Å². The van der Waals surface area contributed by atoms with Crippen molar-refractivity contribution in [3.63, 3.8) is 0 Å². The van der Waals surface area contributed by atoms with Gasteiger partial charge in [0.2, 0.25) is 0 Å². The van der Waals surface area contributed by atoms with Crippen molar-refractivity contribution < 1.29 is 27.0 Å². The molecule has 138 valence electrons. The van der Waals surface area contributed by atoms with E-state index in [1.54, 1.807) is 43.3 Å². The van der Waals surface area contributed by atoms with Crippen LogP contribution in [0.2, 0.25) is 0 Å². The molecule has 0 bridgehead atoms. The first kappa shape index (κ1) is 19.5. The fourth-order valence-electron chi connectivity index (χ4n) is 1.99. The SMILES string of the molecule is CCOC(=O)/C(=N/OS(=O)(=O)c1ccc(C)cc1)c1ccc(OC)cc1. The minimum Gasteiger partial charge on any atom is -0.497 e. The van der Waals surface area contributed by atoms with Gasteiger partial charge in [0.15, 0.2) is 5.71 Å². The summed E-state index contributed by atoms with van der Waals surface area (Å²) in [5, 5.41) is 3.55. The van der Waals surface area contributed by atoms with Crippen LogP contribution in [0.1, 0.15) is 18.1 Å². The molecule has 0 spiro atoms. The van der Waals surface area contributed by atoms with Crippen molar-refractivity contribution >= 4 is 21.8 Å². The van der Waals surface area contributed by atoms with Crippen LogP contribution in [0.5, 0.6) is 5.75 Å². The molecule has 0 radical (unpaired) electrons. The summed E-state index contributed by atoms with van der Waals surface area (Å²) in [5.41, 5.74) is 0.978. The van der Waals surface area contributed by atoms with Gasteiger partial charge >= 0.3 is 16.1 Å². The van der Waals surface area contributed by atoms with E-state index in [0.717, 1.165) is 5.56 Å². The number of hydrogen-bond donors (Lipinski definition) is 0. The minimum atomic E-state index is -4.16. The van der Waals surface area contributed by atoms with E-state index in [-0.39, 0.29) is 17.2 Å². The average Bonchev–Trinajstić information content (AvgIpc) is 2.63. The van der Waals surface area contributed by atoms with Crippen LogP contribution in [0.15, 0.2) is 58.6 Å². The Balaban J connectivity index is 2.34. The summed E-state index contributed by atoms with van der Waals surface area (Å²) < 4.78 is 39.2. The number of oxime groups is 1. The van der Waals surface area contributed by atoms with Crippen LogP contribution in [0.4, 0.5) is 0 Å². The first-order chi connectivity index (χ1) is 12.4. The van der Waals surface area contributed by atoms with Gasteiger partial charge in [-0.15, -0.1) is 0 Å². The van der Waals surface area contributed by atoms with E-state index in [1.165, 1.54) is 19.2 Å². The monoisotopic (exact) mass is 377 g/mol. The summed E-state index contributed by atoms with van der Waals surface area (Å²) in [6.45, 7) is 3.57. The molecule has 0 unspecified atom stereocenters. The molecule has 0 aliphatic heterocycles. The maximum absolute atomic E-state index is 12.3. The van der Waals surface area contributed by atoms with E-state index in [9.17, 15) is 13.2 Å². The molecule has 0 aromatic heterocycles. The molecule has 0 heterocycles. The Labute approximate surface area is 152 Å². The molecule has 7 nitrogen and oxygen atoms in total. The van der Waals surface area contributed by atoms with E-state index >= 15 is 0 Å². The number of carbonyl (C=O) groups excluding carboxylic acids is 1. The second-order valence-corrected chi connectivity index (χ2v) is 6.76. The maximum atomic E-state index is 12.3. The van der Waals surface area contributed by atoms with Crippen LogP contribution in [-0.2, 0) is 23.9 Å². The highest BCUT2D eigenvalue weighted by atomic mass is 32.2. The van der Waals surface area contributed by atoms with Gasteiger partial charge in [0.05, 0.1) is 13.7 Å². The Bertz CT molecular complexity index is 886. The average molecular weight is 377 g/mol. The fraction of sp³-hybridized carbons (Fsp3) is 0.222. The van der Waals surface area contributed by atoms with Gasteiger partial charge in [-0.2, -0.15) is 8.42 Å². The minimum absolute atomic E-state index is 0.0650. The van der Waals surface area contributed by atoms with E-state index in [4.69, 9.17) is 13.8 Å². The van der Waals surface area contributed by atoms with Crippen molar-refractivity contribution in [3.05, 3.63) is 59.7 Å². The lowest BCUT2D eigenvalue weighted by Crippen LogP contribution is -2.20. The van der Waals surface area contributed by atoms with Crippen LogP contribution in [0, 0.1) is 6.92 Å². The fourth-order valence-corrected chi connectivity index (χ4v) is 2.72. The molecule has 0 aliphatic carbocycles. The van der Waals surface area contributed by atoms with Gasteiger partial charge in [0.1, 0.15) is 10.6 Å². The predicted molar refractivity (Wildman–Crippen MR) is 95.6 cm³/mol. The smallest absolute Gasteiger partial charge is 0.361 e. The number of rotatable bonds is 7. The van der Waals surface area contributed by atoms with Crippen molar-refractivity contribution in [1.29, 1.82) is 0 Å². The van der Waals surface area contributed by atoms with Crippen LogP contribution < -0.4 is 4.74 Å². The topological polar surface area (TPSA) is 91.3 Å². The molecule has 26 heavy (non-hydrogen) atoms. The zero-order chi connectivity index (χ0) is 19.2. The molecule has 0 saturated heterocycles. The third-order valence-electron chi connectivity index (χ3n) is 3.37. The second kappa shape index (κ2) is 8.48. The van der Waals surface area contributed by atoms with Gasteiger partial charge in [-0.1, -0.05) is 22.9 Å². The molecular formula is C18H19NO6S.